The molecule has 2 aliphatic carbocycles. The van der Waals surface area contributed by atoms with Crippen molar-refractivity contribution in [1.82, 2.24) is 10.3 Å². The monoisotopic (exact) mass is 287 g/mol. The minimum absolute atomic E-state index is 0.0146. The molecule has 0 spiro atoms. The van der Waals surface area contributed by atoms with Gasteiger partial charge in [0.25, 0.3) is 5.91 Å². The minimum atomic E-state index is 0.0146. The lowest BCUT2D eigenvalue weighted by Gasteiger charge is -2.43. The summed E-state index contributed by atoms with van der Waals surface area (Å²) in [7, 11) is 1.81. The van der Waals surface area contributed by atoms with Crippen LogP contribution in [0.4, 0.5) is 5.82 Å². The predicted molar refractivity (Wildman–Crippen MR) is 84.3 cm³/mol. The summed E-state index contributed by atoms with van der Waals surface area (Å²) in [6.07, 6.45) is 5.44. The number of fused-ring (bicyclic) bond motifs is 2. The average molecular weight is 287 g/mol. The van der Waals surface area contributed by atoms with Crippen LogP contribution in [0.15, 0.2) is 18.3 Å². The van der Waals surface area contributed by atoms with Crippen LogP contribution in [0.1, 0.15) is 50.4 Å². The summed E-state index contributed by atoms with van der Waals surface area (Å²) < 4.78 is 0. The fraction of sp³-hybridized carbons (Fsp3) is 0.647. The van der Waals surface area contributed by atoms with E-state index >= 15 is 0 Å². The highest BCUT2D eigenvalue weighted by atomic mass is 16.1. The Morgan fingerprint density at radius 1 is 1.38 bits per heavy atom. The van der Waals surface area contributed by atoms with Gasteiger partial charge in [0.05, 0.1) is 0 Å². The standard InChI is InChI=1S/C17H25N3O/c1-16(2)12-5-7-17(3,10-12)15(16)20-14(21)11-6-8-19-13(9-11)18-4/h6,8-9,12,15H,5,7,10H2,1-4H3,(H,18,19)(H,20,21). The summed E-state index contributed by atoms with van der Waals surface area (Å²) in [6.45, 7) is 6.94. The number of carbonyl (C=O) groups excluding carboxylic acids is 1. The largest absolute Gasteiger partial charge is 0.373 e. The summed E-state index contributed by atoms with van der Waals surface area (Å²) in [5, 5.41) is 6.29. The van der Waals surface area contributed by atoms with Crippen molar-refractivity contribution in [2.24, 2.45) is 16.7 Å². The Bertz CT molecular complexity index is 564. The lowest BCUT2D eigenvalue weighted by molar-refractivity contribution is 0.0737. The average Bonchev–Trinajstić information content (AvgIpc) is 2.94. The third-order valence-corrected chi connectivity index (χ3v) is 5.82. The molecule has 2 saturated carbocycles. The van der Waals surface area contributed by atoms with E-state index in [1.807, 2.05) is 7.05 Å². The van der Waals surface area contributed by atoms with Gasteiger partial charge in [-0.1, -0.05) is 20.8 Å². The van der Waals surface area contributed by atoms with Gasteiger partial charge in [-0.05, 0) is 48.1 Å². The first kappa shape index (κ1) is 14.4. The zero-order valence-corrected chi connectivity index (χ0v) is 13.4. The first-order chi connectivity index (χ1) is 9.87. The molecule has 3 rings (SSSR count). The van der Waals surface area contributed by atoms with Gasteiger partial charge in [0, 0.05) is 24.8 Å². The van der Waals surface area contributed by atoms with E-state index in [0.717, 1.165) is 11.7 Å². The van der Waals surface area contributed by atoms with Crippen LogP contribution in [0.2, 0.25) is 0 Å². The molecule has 21 heavy (non-hydrogen) atoms. The van der Waals surface area contributed by atoms with Gasteiger partial charge < -0.3 is 10.6 Å². The van der Waals surface area contributed by atoms with E-state index in [4.69, 9.17) is 0 Å². The first-order valence-electron chi connectivity index (χ1n) is 7.81. The van der Waals surface area contributed by atoms with Crippen LogP contribution in [0.25, 0.3) is 0 Å². The van der Waals surface area contributed by atoms with E-state index in [9.17, 15) is 4.79 Å². The molecular formula is C17H25N3O. The molecule has 2 bridgehead atoms. The van der Waals surface area contributed by atoms with Gasteiger partial charge in [0.2, 0.25) is 0 Å². The van der Waals surface area contributed by atoms with Gasteiger partial charge >= 0.3 is 0 Å². The van der Waals surface area contributed by atoms with Crippen LogP contribution in [0.5, 0.6) is 0 Å². The lowest BCUT2D eigenvalue weighted by atomic mass is 9.68. The fourth-order valence-electron chi connectivity index (χ4n) is 4.59. The number of rotatable bonds is 3. The van der Waals surface area contributed by atoms with Crippen molar-refractivity contribution in [2.45, 2.75) is 46.1 Å². The van der Waals surface area contributed by atoms with E-state index in [2.05, 4.69) is 36.4 Å². The van der Waals surface area contributed by atoms with Gasteiger partial charge in [-0.3, -0.25) is 4.79 Å². The van der Waals surface area contributed by atoms with E-state index in [1.165, 1.54) is 19.3 Å². The maximum absolute atomic E-state index is 12.6. The van der Waals surface area contributed by atoms with Gasteiger partial charge in [0.1, 0.15) is 5.82 Å². The molecule has 0 radical (unpaired) electrons. The first-order valence-corrected chi connectivity index (χ1v) is 7.81. The van der Waals surface area contributed by atoms with Gasteiger partial charge in [0.15, 0.2) is 0 Å². The quantitative estimate of drug-likeness (QED) is 0.898. The number of carbonyl (C=O) groups is 1. The number of pyridine rings is 1. The SMILES string of the molecule is CNc1cc(C(=O)NC2C3(C)CCC(C3)C2(C)C)ccn1. The van der Waals surface area contributed by atoms with Crippen molar-refractivity contribution in [3.05, 3.63) is 23.9 Å². The Morgan fingerprint density at radius 3 is 2.76 bits per heavy atom. The Balaban J connectivity index is 1.81. The van der Waals surface area contributed by atoms with Crippen LogP contribution in [-0.4, -0.2) is 24.0 Å². The zero-order valence-electron chi connectivity index (χ0n) is 13.4. The third-order valence-electron chi connectivity index (χ3n) is 5.82. The third kappa shape index (κ3) is 2.21. The number of nitrogens with one attached hydrogen (secondary N) is 2. The molecule has 2 aliphatic rings. The van der Waals surface area contributed by atoms with Crippen LogP contribution < -0.4 is 10.6 Å². The molecule has 1 amide bonds. The predicted octanol–water partition coefficient (Wildman–Crippen LogP) is 3.07. The lowest BCUT2D eigenvalue weighted by Crippen LogP contribution is -2.52. The van der Waals surface area contributed by atoms with Crippen molar-refractivity contribution in [1.29, 1.82) is 0 Å². The van der Waals surface area contributed by atoms with Crippen LogP contribution in [0.3, 0.4) is 0 Å². The highest BCUT2D eigenvalue weighted by Gasteiger charge is 2.59. The topological polar surface area (TPSA) is 54.0 Å². The second kappa shape index (κ2) is 4.72. The van der Waals surface area contributed by atoms with Gasteiger partial charge in [-0.25, -0.2) is 4.98 Å². The van der Waals surface area contributed by atoms with Gasteiger partial charge in [-0.15, -0.1) is 0 Å². The number of amides is 1. The number of hydrogen-bond acceptors (Lipinski definition) is 3. The Hall–Kier alpha value is -1.58. The minimum Gasteiger partial charge on any atom is -0.373 e. The molecule has 1 aromatic rings. The molecule has 2 N–H and O–H groups in total. The molecule has 3 atom stereocenters. The molecule has 3 unspecified atom stereocenters. The molecule has 4 heteroatoms. The van der Waals surface area contributed by atoms with E-state index in [1.54, 1.807) is 18.3 Å². The Labute approximate surface area is 126 Å². The van der Waals surface area contributed by atoms with Crippen molar-refractivity contribution >= 4 is 11.7 Å². The van der Waals surface area contributed by atoms with Crippen molar-refractivity contribution in [3.63, 3.8) is 0 Å². The molecule has 0 aromatic carbocycles. The summed E-state index contributed by atoms with van der Waals surface area (Å²) in [4.78, 5) is 16.8. The number of hydrogen-bond donors (Lipinski definition) is 2. The van der Waals surface area contributed by atoms with E-state index in [0.29, 0.717) is 5.56 Å². The normalized spacial score (nSPS) is 33.0. The summed E-state index contributed by atoms with van der Waals surface area (Å²) in [6, 6.07) is 3.83. The molecule has 4 nitrogen and oxygen atoms in total. The van der Waals surface area contributed by atoms with E-state index < -0.39 is 0 Å². The number of nitrogens with zero attached hydrogens (tertiary/aromatic N) is 1. The molecule has 1 heterocycles. The number of aromatic nitrogens is 1. The van der Waals surface area contributed by atoms with Crippen LogP contribution in [0, 0.1) is 16.7 Å². The molecule has 0 saturated heterocycles. The second-order valence-electron chi connectivity index (χ2n) is 7.50. The maximum Gasteiger partial charge on any atom is 0.251 e. The summed E-state index contributed by atoms with van der Waals surface area (Å²) >= 11 is 0. The molecule has 114 valence electrons. The number of anilines is 1. The molecule has 2 fully saturated rings. The highest BCUT2D eigenvalue weighted by Crippen LogP contribution is 2.62. The maximum atomic E-state index is 12.6. The van der Waals surface area contributed by atoms with Crippen molar-refractivity contribution in [2.75, 3.05) is 12.4 Å². The molecular weight excluding hydrogens is 262 g/mol. The highest BCUT2D eigenvalue weighted by molar-refractivity contribution is 5.95. The summed E-state index contributed by atoms with van der Waals surface area (Å²) in [5.41, 5.74) is 1.11. The zero-order chi connectivity index (χ0) is 15.3. The van der Waals surface area contributed by atoms with Crippen LogP contribution in [-0.2, 0) is 0 Å². The van der Waals surface area contributed by atoms with Crippen molar-refractivity contribution in [3.8, 4) is 0 Å². The van der Waals surface area contributed by atoms with E-state index in [-0.39, 0.29) is 22.8 Å². The smallest absolute Gasteiger partial charge is 0.251 e. The Morgan fingerprint density at radius 2 is 2.14 bits per heavy atom. The summed E-state index contributed by atoms with van der Waals surface area (Å²) in [5.74, 6) is 1.47. The van der Waals surface area contributed by atoms with Gasteiger partial charge in [-0.2, -0.15) is 0 Å². The Kier molecular flexibility index (Phi) is 3.23. The molecule has 1 aromatic heterocycles. The molecule has 0 aliphatic heterocycles. The fourth-order valence-corrected chi connectivity index (χ4v) is 4.59. The van der Waals surface area contributed by atoms with Crippen molar-refractivity contribution < 1.29 is 4.79 Å². The second-order valence-corrected chi connectivity index (χ2v) is 7.50. The van der Waals surface area contributed by atoms with Crippen LogP contribution >= 0.6 is 0 Å².